The normalized spacial score (nSPS) is 20.2. The Balaban J connectivity index is 1.45. The van der Waals surface area contributed by atoms with Crippen LogP contribution in [0, 0.1) is 0 Å². The molecule has 8 nitrogen and oxygen atoms in total. The van der Waals surface area contributed by atoms with Gasteiger partial charge in [0, 0.05) is 9.82 Å². The first-order valence-electron chi connectivity index (χ1n) is 12.4. The standard InChI is InChI=1S/C29H28N6O2/c1-29(2)36-27(25(32-34-30)17-19-11-13-21-7-3-5-9-23(21)15-19)28(37-29)26(33-35-31)18-20-12-14-22-8-4-6-10-24(22)16-20/h3-16,25-28H,17-18H2,1-2H3/t25-,26-,27+,28+/m0/s1. The summed E-state index contributed by atoms with van der Waals surface area (Å²) in [5.74, 6) is -0.922. The van der Waals surface area contributed by atoms with Crippen molar-refractivity contribution in [1.29, 1.82) is 0 Å². The van der Waals surface area contributed by atoms with Crippen molar-refractivity contribution in [2.75, 3.05) is 0 Å². The van der Waals surface area contributed by atoms with Crippen LogP contribution >= 0.6 is 0 Å². The fourth-order valence-corrected chi connectivity index (χ4v) is 5.20. The maximum Gasteiger partial charge on any atom is 0.163 e. The molecule has 5 rings (SSSR count). The third kappa shape index (κ3) is 5.53. The summed E-state index contributed by atoms with van der Waals surface area (Å²) >= 11 is 0. The molecule has 1 aliphatic heterocycles. The van der Waals surface area contributed by atoms with Gasteiger partial charge in [-0.05, 0) is 70.4 Å². The van der Waals surface area contributed by atoms with Gasteiger partial charge in [-0.1, -0.05) is 95.2 Å². The largest absolute Gasteiger partial charge is 0.344 e. The summed E-state index contributed by atoms with van der Waals surface area (Å²) in [5, 5.41) is 12.8. The second kappa shape index (κ2) is 10.5. The fraction of sp³-hybridized carbons (Fsp3) is 0.310. The van der Waals surface area contributed by atoms with Crippen LogP contribution in [0.25, 0.3) is 42.4 Å². The van der Waals surface area contributed by atoms with E-state index in [1.54, 1.807) is 0 Å². The zero-order valence-corrected chi connectivity index (χ0v) is 20.8. The van der Waals surface area contributed by atoms with Crippen LogP contribution in [0.4, 0.5) is 0 Å². The van der Waals surface area contributed by atoms with Crippen LogP contribution in [0.2, 0.25) is 0 Å². The van der Waals surface area contributed by atoms with Crippen molar-refractivity contribution in [1.82, 2.24) is 0 Å². The predicted molar refractivity (Wildman–Crippen MR) is 145 cm³/mol. The lowest BCUT2D eigenvalue weighted by Crippen LogP contribution is -2.42. The van der Waals surface area contributed by atoms with Gasteiger partial charge in [-0.2, -0.15) is 0 Å². The molecule has 186 valence electrons. The van der Waals surface area contributed by atoms with Crippen LogP contribution in [-0.2, 0) is 22.3 Å². The smallest absolute Gasteiger partial charge is 0.163 e. The van der Waals surface area contributed by atoms with Crippen molar-refractivity contribution >= 4 is 21.5 Å². The minimum atomic E-state index is -0.922. The molecule has 8 heteroatoms. The van der Waals surface area contributed by atoms with Crippen molar-refractivity contribution in [2.45, 2.75) is 56.8 Å². The summed E-state index contributed by atoms with van der Waals surface area (Å²) in [6.07, 6.45) is -0.246. The first-order valence-corrected chi connectivity index (χ1v) is 12.4. The van der Waals surface area contributed by atoms with Gasteiger partial charge in [0.15, 0.2) is 5.79 Å². The quantitative estimate of drug-likeness (QED) is 0.143. The lowest BCUT2D eigenvalue weighted by Gasteiger charge is -2.27. The fourth-order valence-electron chi connectivity index (χ4n) is 5.20. The minimum Gasteiger partial charge on any atom is -0.344 e. The summed E-state index contributed by atoms with van der Waals surface area (Å²) in [6, 6.07) is 27.6. The molecule has 0 spiro atoms. The summed E-state index contributed by atoms with van der Waals surface area (Å²) in [5.41, 5.74) is 20.9. The lowest BCUT2D eigenvalue weighted by molar-refractivity contribution is -0.149. The molecule has 0 amide bonds. The minimum absolute atomic E-state index is 0.467. The van der Waals surface area contributed by atoms with E-state index in [4.69, 9.17) is 9.47 Å². The van der Waals surface area contributed by atoms with Crippen LogP contribution in [0.5, 0.6) is 0 Å². The van der Waals surface area contributed by atoms with Crippen molar-refractivity contribution in [3.8, 4) is 0 Å². The van der Waals surface area contributed by atoms with E-state index in [-0.39, 0.29) is 0 Å². The Hall–Kier alpha value is -4.06. The maximum absolute atomic E-state index is 9.42. The van der Waals surface area contributed by atoms with E-state index in [1.807, 2.05) is 50.2 Å². The number of nitrogens with zero attached hydrogens (tertiary/aromatic N) is 6. The summed E-state index contributed by atoms with van der Waals surface area (Å²) in [7, 11) is 0. The molecule has 0 aliphatic carbocycles. The molecule has 0 unspecified atom stereocenters. The zero-order valence-electron chi connectivity index (χ0n) is 20.8. The number of fused-ring (bicyclic) bond motifs is 2. The highest BCUT2D eigenvalue weighted by Gasteiger charge is 2.48. The number of azide groups is 2. The van der Waals surface area contributed by atoms with Crippen LogP contribution in [0.1, 0.15) is 25.0 Å². The van der Waals surface area contributed by atoms with Gasteiger partial charge in [-0.3, -0.25) is 0 Å². The Morgan fingerprint density at radius 1 is 0.676 bits per heavy atom. The first kappa shape index (κ1) is 24.6. The van der Waals surface area contributed by atoms with E-state index in [0.717, 1.165) is 32.7 Å². The number of hydrogen-bond donors (Lipinski definition) is 0. The highest BCUT2D eigenvalue weighted by atomic mass is 16.8. The van der Waals surface area contributed by atoms with Crippen LogP contribution < -0.4 is 0 Å². The first-order chi connectivity index (χ1) is 18.0. The molecule has 1 fully saturated rings. The summed E-state index contributed by atoms with van der Waals surface area (Å²) in [4.78, 5) is 6.26. The molecule has 0 bridgehead atoms. The van der Waals surface area contributed by atoms with Crippen molar-refractivity contribution in [2.24, 2.45) is 10.2 Å². The molecule has 0 radical (unpaired) electrons. The molecule has 4 atom stereocenters. The van der Waals surface area contributed by atoms with Gasteiger partial charge in [0.1, 0.15) is 0 Å². The molecular weight excluding hydrogens is 464 g/mol. The SMILES string of the molecule is CC1(C)O[C@H]([C@H](Cc2ccc3ccccc3c2)N=[N+]=[N-])[C@@H]([C@H](Cc2ccc3ccccc3c2)N=[N+]=[N-])O1. The van der Waals surface area contributed by atoms with Crippen molar-refractivity contribution in [3.05, 3.63) is 117 Å². The molecule has 37 heavy (non-hydrogen) atoms. The Morgan fingerprint density at radius 2 is 1.08 bits per heavy atom. The van der Waals surface area contributed by atoms with Crippen LogP contribution in [-0.4, -0.2) is 30.1 Å². The van der Waals surface area contributed by atoms with Gasteiger partial charge < -0.3 is 9.47 Å². The number of benzene rings is 4. The topological polar surface area (TPSA) is 116 Å². The molecule has 0 aromatic heterocycles. The average Bonchev–Trinajstić information content (AvgIpc) is 3.23. The Labute approximate surface area is 215 Å². The van der Waals surface area contributed by atoms with Gasteiger partial charge in [0.05, 0.1) is 24.3 Å². The third-order valence-electron chi connectivity index (χ3n) is 6.84. The number of rotatable bonds is 8. The van der Waals surface area contributed by atoms with E-state index in [9.17, 15) is 11.1 Å². The Kier molecular flexibility index (Phi) is 6.99. The monoisotopic (exact) mass is 492 g/mol. The number of hydrogen-bond acceptors (Lipinski definition) is 4. The van der Waals surface area contributed by atoms with E-state index in [2.05, 4.69) is 68.6 Å². The van der Waals surface area contributed by atoms with Crippen molar-refractivity contribution < 1.29 is 9.47 Å². The Morgan fingerprint density at radius 3 is 1.49 bits per heavy atom. The second-order valence-electron chi connectivity index (χ2n) is 9.88. The van der Waals surface area contributed by atoms with Crippen molar-refractivity contribution in [3.63, 3.8) is 0 Å². The highest BCUT2D eigenvalue weighted by Crippen LogP contribution is 2.36. The van der Waals surface area contributed by atoms with E-state index >= 15 is 0 Å². The van der Waals surface area contributed by atoms with Gasteiger partial charge >= 0.3 is 0 Å². The predicted octanol–water partition coefficient (Wildman–Crippen LogP) is 7.66. The molecule has 4 aromatic rings. The van der Waals surface area contributed by atoms with Crippen LogP contribution in [0.3, 0.4) is 0 Å². The number of ether oxygens (including phenoxy) is 2. The summed E-state index contributed by atoms with van der Waals surface area (Å²) in [6.45, 7) is 3.65. The van der Waals surface area contributed by atoms with E-state index in [0.29, 0.717) is 12.8 Å². The van der Waals surface area contributed by atoms with Crippen LogP contribution in [0.15, 0.2) is 95.2 Å². The average molecular weight is 493 g/mol. The summed E-state index contributed by atoms with van der Waals surface area (Å²) < 4.78 is 12.6. The lowest BCUT2D eigenvalue weighted by atomic mass is 9.91. The maximum atomic E-state index is 9.42. The highest BCUT2D eigenvalue weighted by molar-refractivity contribution is 5.83. The van der Waals surface area contributed by atoms with Gasteiger partial charge in [0.2, 0.25) is 0 Å². The van der Waals surface area contributed by atoms with Gasteiger partial charge in [-0.25, -0.2) is 0 Å². The third-order valence-corrected chi connectivity index (χ3v) is 6.84. The zero-order chi connectivity index (χ0) is 25.8. The Bertz CT molecular complexity index is 1410. The molecule has 4 aromatic carbocycles. The van der Waals surface area contributed by atoms with Gasteiger partial charge in [-0.15, -0.1) is 0 Å². The molecule has 1 aliphatic rings. The molecular formula is C29H28N6O2. The molecule has 1 heterocycles. The molecule has 0 N–H and O–H groups in total. The van der Waals surface area contributed by atoms with Gasteiger partial charge in [0.25, 0.3) is 0 Å². The molecule has 1 saturated heterocycles. The second-order valence-corrected chi connectivity index (χ2v) is 9.88. The van der Waals surface area contributed by atoms with E-state index < -0.39 is 30.1 Å². The molecule has 0 saturated carbocycles. The van der Waals surface area contributed by atoms with E-state index in [1.165, 1.54) is 0 Å².